The lowest BCUT2D eigenvalue weighted by Crippen LogP contribution is -2.72. The quantitative estimate of drug-likeness (QED) is 0.119. The van der Waals surface area contributed by atoms with E-state index in [9.17, 15) is 20.1 Å². The highest BCUT2D eigenvalue weighted by atomic mass is 16.6. The first kappa shape index (κ1) is 41.3. The van der Waals surface area contributed by atoms with Gasteiger partial charge in [-0.2, -0.15) is 0 Å². The Morgan fingerprint density at radius 1 is 0.949 bits per heavy atom. The molecular weight excluding hydrogens is 737 g/mol. The monoisotopic (exact) mass is 807 g/mol. The number of nitrogen functional groups attached to an aromatic ring is 1. The number of phenolic OH excluding ortho intramolecular Hbond substituents is 1. The van der Waals surface area contributed by atoms with Gasteiger partial charge in [0.15, 0.2) is 5.78 Å². The molecule has 9 rings (SSSR count). The van der Waals surface area contributed by atoms with Gasteiger partial charge in [-0.15, -0.1) is 0 Å². The average Bonchev–Trinajstić information content (AvgIpc) is 3.46. The van der Waals surface area contributed by atoms with Gasteiger partial charge in [0, 0.05) is 35.5 Å². The molecule has 0 radical (unpaired) electrons. The predicted molar refractivity (Wildman–Crippen MR) is 231 cm³/mol. The highest BCUT2D eigenvalue weighted by molar-refractivity contribution is 6.01. The lowest BCUT2D eigenvalue weighted by atomic mass is 9.33. The van der Waals surface area contributed by atoms with Crippen LogP contribution in [0, 0.1) is 45.3 Å². The maximum Gasteiger partial charge on any atom is 0.160 e. The van der Waals surface area contributed by atoms with Gasteiger partial charge in [0.05, 0.1) is 23.2 Å². The number of rotatable bonds is 10. The van der Waals surface area contributed by atoms with Crippen molar-refractivity contribution in [3.05, 3.63) is 70.8 Å². The number of aliphatic hydroxyl groups excluding tert-OH is 2. The second-order valence-corrected chi connectivity index (χ2v) is 22.1. The van der Waals surface area contributed by atoms with Crippen LogP contribution >= 0.6 is 0 Å². The van der Waals surface area contributed by atoms with Crippen LogP contribution in [0.3, 0.4) is 0 Å². The fourth-order valence-electron chi connectivity index (χ4n) is 16.6. The number of ether oxygens (including phenoxy) is 1. The molecule has 1 aliphatic heterocycles. The molecule has 2 aromatic carbocycles. The molecule has 0 unspecified atom stereocenters. The molecule has 1 heterocycles. The lowest BCUT2D eigenvalue weighted by Gasteiger charge is -2.71. The summed E-state index contributed by atoms with van der Waals surface area (Å²) in [7, 11) is 0. The number of phenols is 1. The zero-order valence-electron chi connectivity index (χ0n) is 36.7. The Bertz CT molecular complexity index is 2060. The van der Waals surface area contributed by atoms with Crippen LogP contribution in [0.1, 0.15) is 143 Å². The lowest BCUT2D eigenvalue weighted by molar-refractivity contribution is -0.201. The molecule has 1 saturated heterocycles. The fourth-order valence-corrected chi connectivity index (χ4v) is 16.6. The number of fused-ring (bicyclic) bond motifs is 1. The summed E-state index contributed by atoms with van der Waals surface area (Å²) < 4.78 is 6.52. The summed E-state index contributed by atoms with van der Waals surface area (Å²) in [5.41, 5.74) is 8.73. The number of nitrogens with two attached hydrogens (primary N) is 1. The van der Waals surface area contributed by atoms with Gasteiger partial charge in [-0.05, 0) is 153 Å². The highest BCUT2D eigenvalue weighted by Crippen LogP contribution is 2.77. The number of epoxide rings is 1. The Morgan fingerprint density at radius 2 is 1.71 bits per heavy atom. The molecule has 320 valence electrons. The van der Waals surface area contributed by atoms with E-state index < -0.39 is 28.6 Å². The van der Waals surface area contributed by atoms with Gasteiger partial charge in [-0.1, -0.05) is 77.3 Å². The zero-order valence-corrected chi connectivity index (χ0v) is 36.7. The van der Waals surface area contributed by atoms with E-state index >= 15 is 4.79 Å². The van der Waals surface area contributed by atoms with E-state index in [1.54, 1.807) is 6.07 Å². The first-order valence-corrected chi connectivity index (χ1v) is 23.1. The maximum atomic E-state index is 15.4. The van der Waals surface area contributed by atoms with Gasteiger partial charge >= 0.3 is 0 Å². The molecule has 5 saturated carbocycles. The Kier molecular flexibility index (Phi) is 9.80. The number of hydrogen-bond acceptors (Lipinski definition) is 8. The number of allylic oxidation sites excluding steroid dienone is 2. The third-order valence-corrected chi connectivity index (χ3v) is 18.4. The largest absolute Gasteiger partial charge is 0.508 e. The van der Waals surface area contributed by atoms with Gasteiger partial charge in [-0.25, -0.2) is 0 Å². The normalized spacial score (nSPS) is 42.5. The summed E-state index contributed by atoms with van der Waals surface area (Å²) in [6.07, 6.45) is 8.44. The van der Waals surface area contributed by atoms with E-state index in [4.69, 9.17) is 10.5 Å². The summed E-state index contributed by atoms with van der Waals surface area (Å²) in [6.45, 7) is 15.9. The molecule has 8 nitrogen and oxygen atoms in total. The van der Waals surface area contributed by atoms with Crippen LogP contribution in [0.2, 0.25) is 0 Å². The van der Waals surface area contributed by atoms with E-state index in [0.29, 0.717) is 44.1 Å². The first-order chi connectivity index (χ1) is 27.8. The Morgan fingerprint density at radius 3 is 2.44 bits per heavy atom. The van der Waals surface area contributed by atoms with Gasteiger partial charge in [0.25, 0.3) is 0 Å². The fraction of sp³-hybridized carbons (Fsp3) is 0.686. The van der Waals surface area contributed by atoms with Crippen LogP contribution in [0.5, 0.6) is 5.75 Å². The predicted octanol–water partition coefficient (Wildman–Crippen LogP) is 8.56. The molecule has 6 N–H and O–H groups in total. The topological polar surface area (TPSA) is 145 Å². The van der Waals surface area contributed by atoms with E-state index in [1.165, 1.54) is 11.1 Å². The number of benzene rings is 2. The van der Waals surface area contributed by atoms with Crippen molar-refractivity contribution in [2.75, 3.05) is 12.3 Å². The summed E-state index contributed by atoms with van der Waals surface area (Å²) >= 11 is 0. The standard InChI is InChI=1S/C51H70N2O6/c1-29(22-39(56)44-49(7,59-44)36-17-10-16-35(36)31-12-8-14-33(52)23-31)42-37-18-19-41-47(5)28-50(32-13-9-15-34(55)24-32)20-11-21-51(37,26-40(42)57)48(41,6)25-38(53-27-30(2)54)43(47)46(3,4)45(50)58/h8-9,12-15,23-24,29-30,35-36,38-39,41,43-44,53-56H,10-11,16-22,25-28,52H2,1-7H3/t29-,30+,35+,36-,38-,39-,41-,43+,44-,47+,48-,49-,50+,51+/m1/s1. The van der Waals surface area contributed by atoms with Gasteiger partial charge in [-0.3, -0.25) is 9.59 Å². The summed E-state index contributed by atoms with van der Waals surface area (Å²) in [5, 5.41) is 37.3. The van der Waals surface area contributed by atoms with Gasteiger partial charge < -0.3 is 31.1 Å². The van der Waals surface area contributed by atoms with Crippen LogP contribution in [0.15, 0.2) is 59.7 Å². The molecule has 14 atom stereocenters. The summed E-state index contributed by atoms with van der Waals surface area (Å²) in [5.74, 6) is 1.51. The number of hydrogen-bond donors (Lipinski definition) is 5. The second-order valence-electron chi connectivity index (χ2n) is 22.1. The smallest absolute Gasteiger partial charge is 0.160 e. The summed E-state index contributed by atoms with van der Waals surface area (Å²) in [4.78, 5) is 30.3. The van der Waals surface area contributed by atoms with Crippen molar-refractivity contribution in [1.29, 1.82) is 0 Å². The molecule has 0 aromatic heterocycles. The van der Waals surface area contributed by atoms with Crippen molar-refractivity contribution in [2.45, 2.75) is 167 Å². The zero-order chi connectivity index (χ0) is 42.1. The third kappa shape index (κ3) is 5.95. The SMILES string of the molecule is C[C@H](O)CN[C@@H]1C[C@]2(C)[C@@H]3CCC4=C([C@H](C)C[C@@H](O)[C@H]5O[C@]5(C)[C@@H]5CCC[C@H]5c5cccc(N)c5)C(=O)C[C@@]42CCC[C@@]2(c4cccc(O)c4)C[C@]3(C)[C@@H]1C(C)(C)C2=O. The number of ketones is 2. The number of nitrogens with one attached hydrogen (secondary N) is 1. The average molecular weight is 807 g/mol. The van der Waals surface area contributed by atoms with E-state index in [1.807, 2.05) is 31.2 Å². The van der Waals surface area contributed by atoms with Gasteiger partial charge in [0.2, 0.25) is 0 Å². The Balaban J connectivity index is 1.07. The Labute approximate surface area is 352 Å². The van der Waals surface area contributed by atoms with E-state index in [-0.39, 0.29) is 63.5 Å². The highest BCUT2D eigenvalue weighted by Gasteiger charge is 2.75. The minimum atomic E-state index is -0.760. The second kappa shape index (κ2) is 14.0. The van der Waals surface area contributed by atoms with Gasteiger partial charge in [0.1, 0.15) is 17.6 Å². The van der Waals surface area contributed by atoms with Crippen molar-refractivity contribution in [1.82, 2.24) is 5.32 Å². The molecule has 1 spiro atoms. The molecule has 6 aliphatic carbocycles. The Hall–Kier alpha value is -3.04. The maximum absolute atomic E-state index is 15.4. The number of aromatic hydroxyl groups is 1. The molecule has 6 fully saturated rings. The minimum Gasteiger partial charge on any atom is -0.508 e. The van der Waals surface area contributed by atoms with E-state index in [2.05, 4.69) is 65.1 Å². The number of carbonyl (C=O) groups excluding carboxylic acids is 2. The molecule has 2 aromatic rings. The van der Waals surface area contributed by atoms with Crippen LogP contribution in [0.25, 0.3) is 0 Å². The summed E-state index contributed by atoms with van der Waals surface area (Å²) in [6, 6.07) is 15.7. The van der Waals surface area contributed by atoms with Crippen molar-refractivity contribution in [3.63, 3.8) is 0 Å². The van der Waals surface area contributed by atoms with Crippen LogP contribution in [0.4, 0.5) is 5.69 Å². The molecular formula is C51H70N2O6. The molecule has 59 heavy (non-hydrogen) atoms. The van der Waals surface area contributed by atoms with Crippen molar-refractivity contribution in [2.24, 2.45) is 45.3 Å². The van der Waals surface area contributed by atoms with Crippen LogP contribution in [-0.4, -0.2) is 63.4 Å². The van der Waals surface area contributed by atoms with Crippen LogP contribution in [-0.2, 0) is 19.7 Å². The number of anilines is 1. The number of aliphatic hydroxyl groups is 2. The van der Waals surface area contributed by atoms with Crippen molar-refractivity contribution < 1.29 is 29.6 Å². The molecule has 0 amide bonds. The molecule has 7 aliphatic rings. The molecule has 5 bridgehead atoms. The minimum absolute atomic E-state index is 0.0267. The number of carbonyl (C=O) groups is 2. The third-order valence-electron chi connectivity index (χ3n) is 18.4. The van der Waals surface area contributed by atoms with Crippen molar-refractivity contribution in [3.8, 4) is 5.75 Å². The van der Waals surface area contributed by atoms with Crippen molar-refractivity contribution >= 4 is 17.3 Å². The number of Topliss-reactive ketones (excluding diaryl/α,β-unsaturated/α-hetero) is 2. The first-order valence-electron chi connectivity index (χ1n) is 23.1. The van der Waals surface area contributed by atoms with E-state index in [0.717, 1.165) is 68.2 Å². The molecule has 8 heteroatoms. The van der Waals surface area contributed by atoms with Crippen LogP contribution < -0.4 is 11.1 Å².